The molecule has 0 aliphatic carbocycles. The number of carbonyl (C=O) groups excluding carboxylic acids is 1. The van der Waals surface area contributed by atoms with Crippen molar-refractivity contribution in [2.75, 3.05) is 0 Å². The van der Waals surface area contributed by atoms with Crippen molar-refractivity contribution in [1.29, 1.82) is 0 Å². The molecule has 3 nitrogen and oxygen atoms in total. The van der Waals surface area contributed by atoms with Crippen LogP contribution in [-0.4, -0.2) is 5.91 Å². The van der Waals surface area contributed by atoms with Crippen LogP contribution >= 0.6 is 0 Å². The van der Waals surface area contributed by atoms with E-state index in [1.807, 2.05) is 48.5 Å². The Kier molecular flexibility index (Phi) is 2.64. The first-order chi connectivity index (χ1) is 10.3. The van der Waals surface area contributed by atoms with Gasteiger partial charge in [-0.25, -0.2) is 0 Å². The van der Waals surface area contributed by atoms with Gasteiger partial charge in [0.25, 0.3) is 5.91 Å². The van der Waals surface area contributed by atoms with Gasteiger partial charge in [-0.1, -0.05) is 54.6 Å². The largest absolute Gasteiger partial charge is 0.466 e. The van der Waals surface area contributed by atoms with Gasteiger partial charge < -0.3 is 10.1 Å². The van der Waals surface area contributed by atoms with Crippen molar-refractivity contribution in [3.8, 4) is 5.75 Å². The Bertz CT molecular complexity index is 836. The van der Waals surface area contributed by atoms with Crippen LogP contribution in [0, 0.1) is 0 Å². The van der Waals surface area contributed by atoms with E-state index in [-0.39, 0.29) is 5.91 Å². The molecule has 3 heteroatoms. The average Bonchev–Trinajstić information content (AvgIpc) is 2.54. The molecule has 0 saturated carbocycles. The summed E-state index contributed by atoms with van der Waals surface area (Å²) in [6.45, 7) is 0. The molecular weight excluding hydrogens is 262 g/mol. The summed E-state index contributed by atoms with van der Waals surface area (Å²) in [5.41, 5.74) is 1.55. The number of ether oxygens (including phenoxy) is 1. The molecule has 0 bridgehead atoms. The maximum atomic E-state index is 12.2. The van der Waals surface area contributed by atoms with E-state index in [1.54, 1.807) is 6.07 Å². The molecule has 3 aromatic rings. The molecule has 21 heavy (non-hydrogen) atoms. The second-order valence-electron chi connectivity index (χ2n) is 5.04. The van der Waals surface area contributed by atoms with Crippen molar-refractivity contribution in [3.63, 3.8) is 0 Å². The van der Waals surface area contributed by atoms with E-state index >= 15 is 0 Å². The predicted molar refractivity (Wildman–Crippen MR) is 81.2 cm³/mol. The van der Waals surface area contributed by atoms with Gasteiger partial charge in [-0.15, -0.1) is 0 Å². The first kappa shape index (κ1) is 12.0. The fourth-order valence-electron chi connectivity index (χ4n) is 2.73. The molecule has 102 valence electrons. The van der Waals surface area contributed by atoms with Crippen LogP contribution in [0.25, 0.3) is 10.8 Å². The van der Waals surface area contributed by atoms with E-state index in [2.05, 4.69) is 17.4 Å². The van der Waals surface area contributed by atoms with Gasteiger partial charge in [-0.2, -0.15) is 0 Å². The van der Waals surface area contributed by atoms with E-state index < -0.39 is 6.23 Å². The van der Waals surface area contributed by atoms with Gasteiger partial charge in [0.1, 0.15) is 5.75 Å². The molecule has 1 amide bonds. The molecule has 0 aromatic heterocycles. The van der Waals surface area contributed by atoms with Crippen LogP contribution in [0.15, 0.2) is 66.7 Å². The highest BCUT2D eigenvalue weighted by molar-refractivity contribution is 5.98. The fourth-order valence-corrected chi connectivity index (χ4v) is 2.73. The molecule has 0 radical (unpaired) electrons. The first-order valence-electron chi connectivity index (χ1n) is 6.87. The molecule has 1 aliphatic rings. The molecule has 1 unspecified atom stereocenters. The van der Waals surface area contributed by atoms with Crippen LogP contribution in [-0.2, 0) is 0 Å². The SMILES string of the molecule is O=C1NC(c2cccc3ccccc23)Oc2ccccc21. The molecule has 1 atom stereocenters. The maximum absolute atomic E-state index is 12.2. The minimum Gasteiger partial charge on any atom is -0.466 e. The minimum atomic E-state index is -0.460. The summed E-state index contributed by atoms with van der Waals surface area (Å²) < 4.78 is 5.96. The van der Waals surface area contributed by atoms with Gasteiger partial charge in [0.05, 0.1) is 5.56 Å². The van der Waals surface area contributed by atoms with Crippen LogP contribution in [0.1, 0.15) is 22.1 Å². The highest BCUT2D eigenvalue weighted by Crippen LogP contribution is 2.31. The lowest BCUT2D eigenvalue weighted by Gasteiger charge is -2.27. The topological polar surface area (TPSA) is 38.3 Å². The van der Waals surface area contributed by atoms with Crippen LogP contribution in [0.4, 0.5) is 0 Å². The molecule has 1 N–H and O–H groups in total. The number of rotatable bonds is 1. The summed E-state index contributed by atoms with van der Waals surface area (Å²) in [6.07, 6.45) is -0.460. The van der Waals surface area contributed by atoms with Crippen molar-refractivity contribution in [1.82, 2.24) is 5.32 Å². The Hall–Kier alpha value is -2.81. The number of benzene rings is 3. The second-order valence-corrected chi connectivity index (χ2v) is 5.04. The third kappa shape index (κ3) is 1.94. The van der Waals surface area contributed by atoms with E-state index in [9.17, 15) is 4.79 Å². The predicted octanol–water partition coefficient (Wildman–Crippen LogP) is 3.66. The van der Waals surface area contributed by atoms with E-state index in [0.717, 1.165) is 16.3 Å². The second kappa shape index (κ2) is 4.63. The van der Waals surface area contributed by atoms with Crippen LogP contribution in [0.5, 0.6) is 5.75 Å². The lowest BCUT2D eigenvalue weighted by atomic mass is 10.0. The molecule has 1 aliphatic heterocycles. The summed E-state index contributed by atoms with van der Waals surface area (Å²) in [6, 6.07) is 21.4. The Morgan fingerprint density at radius 3 is 2.57 bits per heavy atom. The maximum Gasteiger partial charge on any atom is 0.258 e. The molecule has 0 saturated heterocycles. The number of hydrogen-bond donors (Lipinski definition) is 1. The van der Waals surface area contributed by atoms with Gasteiger partial charge >= 0.3 is 0 Å². The Balaban J connectivity index is 1.83. The zero-order valence-corrected chi connectivity index (χ0v) is 11.2. The third-order valence-electron chi connectivity index (χ3n) is 3.74. The number of hydrogen-bond acceptors (Lipinski definition) is 2. The highest BCUT2D eigenvalue weighted by Gasteiger charge is 2.27. The van der Waals surface area contributed by atoms with Crippen LogP contribution < -0.4 is 10.1 Å². The summed E-state index contributed by atoms with van der Waals surface area (Å²) in [4.78, 5) is 12.2. The quantitative estimate of drug-likeness (QED) is 0.736. The molecule has 4 rings (SSSR count). The summed E-state index contributed by atoms with van der Waals surface area (Å²) >= 11 is 0. The zero-order valence-electron chi connectivity index (χ0n) is 11.2. The third-order valence-corrected chi connectivity index (χ3v) is 3.74. The number of para-hydroxylation sites is 1. The van der Waals surface area contributed by atoms with Crippen molar-refractivity contribution >= 4 is 16.7 Å². The van der Waals surface area contributed by atoms with E-state index in [4.69, 9.17) is 4.74 Å². The Morgan fingerprint density at radius 2 is 1.62 bits per heavy atom. The number of amides is 1. The number of carbonyl (C=O) groups is 1. The summed E-state index contributed by atoms with van der Waals surface area (Å²) in [7, 11) is 0. The highest BCUT2D eigenvalue weighted by atomic mass is 16.5. The van der Waals surface area contributed by atoms with Gasteiger partial charge in [0.15, 0.2) is 6.23 Å². The van der Waals surface area contributed by atoms with Crippen LogP contribution in [0.3, 0.4) is 0 Å². The zero-order chi connectivity index (χ0) is 14.2. The molecule has 3 aromatic carbocycles. The van der Waals surface area contributed by atoms with Crippen molar-refractivity contribution in [2.24, 2.45) is 0 Å². The Morgan fingerprint density at radius 1 is 0.857 bits per heavy atom. The van der Waals surface area contributed by atoms with Crippen molar-refractivity contribution in [2.45, 2.75) is 6.23 Å². The summed E-state index contributed by atoms with van der Waals surface area (Å²) in [5, 5.41) is 5.14. The minimum absolute atomic E-state index is 0.102. The van der Waals surface area contributed by atoms with Gasteiger partial charge in [0, 0.05) is 5.56 Å². The lowest BCUT2D eigenvalue weighted by molar-refractivity contribution is 0.0759. The van der Waals surface area contributed by atoms with E-state index in [0.29, 0.717) is 11.3 Å². The molecule has 1 heterocycles. The van der Waals surface area contributed by atoms with Crippen molar-refractivity contribution in [3.05, 3.63) is 77.9 Å². The number of nitrogens with one attached hydrogen (secondary N) is 1. The smallest absolute Gasteiger partial charge is 0.258 e. The normalized spacial score (nSPS) is 17.0. The lowest BCUT2D eigenvalue weighted by Crippen LogP contribution is -2.36. The molecular formula is C18H13NO2. The standard InChI is InChI=1S/C18H13NO2/c20-17-15-9-3-4-11-16(15)21-18(19-17)14-10-5-7-12-6-1-2-8-13(12)14/h1-11,18H,(H,19,20). The summed E-state index contributed by atoms with van der Waals surface area (Å²) in [5.74, 6) is 0.522. The first-order valence-corrected chi connectivity index (χ1v) is 6.87. The number of fused-ring (bicyclic) bond motifs is 2. The average molecular weight is 275 g/mol. The van der Waals surface area contributed by atoms with Crippen molar-refractivity contribution < 1.29 is 9.53 Å². The Labute approximate surface area is 122 Å². The van der Waals surface area contributed by atoms with E-state index in [1.165, 1.54) is 0 Å². The molecule has 0 fully saturated rings. The fraction of sp³-hybridized carbons (Fsp3) is 0.0556. The van der Waals surface area contributed by atoms with Gasteiger partial charge in [0.2, 0.25) is 0 Å². The van der Waals surface area contributed by atoms with Crippen LogP contribution in [0.2, 0.25) is 0 Å². The molecule has 0 spiro atoms. The van der Waals surface area contributed by atoms with Gasteiger partial charge in [-0.3, -0.25) is 4.79 Å². The van der Waals surface area contributed by atoms with Gasteiger partial charge in [-0.05, 0) is 22.9 Å². The monoisotopic (exact) mass is 275 g/mol.